The first-order chi connectivity index (χ1) is 7.59. The zero-order chi connectivity index (χ0) is 12.0. The lowest BCUT2D eigenvalue weighted by molar-refractivity contribution is 0.0953. The van der Waals surface area contributed by atoms with Crippen LogP contribution in [-0.4, -0.2) is 26.6 Å². The van der Waals surface area contributed by atoms with Crippen LogP contribution in [0.25, 0.3) is 0 Å². The van der Waals surface area contributed by atoms with Gasteiger partial charge in [-0.25, -0.2) is 12.8 Å². The standard InChI is InChI=1S/C10H12FNO3S/c11-9-4-2-8(3-5-9)10(13)12-6-1-7-16(14)15/h2-5,16H,1,6-7H2,(H,12,13). The Labute approximate surface area is 94.4 Å². The van der Waals surface area contributed by atoms with Crippen molar-refractivity contribution in [1.29, 1.82) is 0 Å². The molecule has 1 rings (SSSR count). The summed E-state index contributed by atoms with van der Waals surface area (Å²) in [5.41, 5.74) is 0.355. The molecule has 6 heteroatoms. The maximum atomic E-state index is 12.5. The van der Waals surface area contributed by atoms with Crippen LogP contribution in [0.1, 0.15) is 16.8 Å². The Bertz CT molecular complexity index is 420. The van der Waals surface area contributed by atoms with E-state index in [1.54, 1.807) is 0 Å². The SMILES string of the molecule is O=C(NCCC[SH](=O)=O)c1ccc(F)cc1. The lowest BCUT2D eigenvalue weighted by Gasteiger charge is -2.03. The fourth-order valence-electron chi connectivity index (χ4n) is 1.11. The van der Waals surface area contributed by atoms with Gasteiger partial charge >= 0.3 is 0 Å². The molecular formula is C10H12FNO3S. The van der Waals surface area contributed by atoms with E-state index in [4.69, 9.17) is 0 Å². The second-order valence-electron chi connectivity index (χ2n) is 3.17. The number of benzene rings is 1. The smallest absolute Gasteiger partial charge is 0.251 e. The highest BCUT2D eigenvalue weighted by molar-refractivity contribution is 7.72. The third kappa shape index (κ3) is 4.39. The number of amides is 1. The van der Waals surface area contributed by atoms with Crippen LogP contribution in [0.15, 0.2) is 24.3 Å². The van der Waals surface area contributed by atoms with Gasteiger partial charge in [-0.3, -0.25) is 4.79 Å². The fourth-order valence-corrected chi connectivity index (χ4v) is 1.53. The summed E-state index contributed by atoms with van der Waals surface area (Å²) in [6.07, 6.45) is 0.381. The third-order valence-corrected chi connectivity index (χ3v) is 2.59. The highest BCUT2D eigenvalue weighted by Crippen LogP contribution is 2.02. The maximum Gasteiger partial charge on any atom is 0.251 e. The summed E-state index contributed by atoms with van der Waals surface area (Å²) in [5, 5.41) is 2.54. The number of hydrogen-bond donors (Lipinski definition) is 2. The van der Waals surface area contributed by atoms with Gasteiger partial charge in [0.05, 0.1) is 0 Å². The van der Waals surface area contributed by atoms with E-state index in [-0.39, 0.29) is 11.7 Å². The highest BCUT2D eigenvalue weighted by atomic mass is 32.2. The van der Waals surface area contributed by atoms with E-state index in [9.17, 15) is 17.6 Å². The molecule has 1 aromatic carbocycles. The Morgan fingerprint density at radius 1 is 1.25 bits per heavy atom. The molecule has 4 nitrogen and oxygen atoms in total. The van der Waals surface area contributed by atoms with Gasteiger partial charge in [-0.15, -0.1) is 0 Å². The molecule has 1 aromatic rings. The van der Waals surface area contributed by atoms with Gasteiger partial charge in [-0.2, -0.15) is 0 Å². The molecule has 0 aromatic heterocycles. The number of carbonyl (C=O) groups excluding carboxylic acids is 1. The number of carbonyl (C=O) groups is 1. The van der Waals surface area contributed by atoms with Gasteiger partial charge in [-0.05, 0) is 30.7 Å². The largest absolute Gasteiger partial charge is 0.352 e. The minimum absolute atomic E-state index is 0.0546. The van der Waals surface area contributed by atoms with Gasteiger partial charge in [0.1, 0.15) is 16.5 Å². The summed E-state index contributed by atoms with van der Waals surface area (Å²) < 4.78 is 33.0. The van der Waals surface area contributed by atoms with Crippen LogP contribution in [0.2, 0.25) is 0 Å². The lowest BCUT2D eigenvalue weighted by atomic mass is 10.2. The molecule has 16 heavy (non-hydrogen) atoms. The summed E-state index contributed by atoms with van der Waals surface area (Å²) in [7, 11) is -2.39. The normalized spacial score (nSPS) is 10.4. The molecule has 88 valence electrons. The van der Waals surface area contributed by atoms with Crippen LogP contribution in [0, 0.1) is 5.82 Å². The molecule has 0 fully saturated rings. The second kappa shape index (κ2) is 6.22. The number of nitrogens with one attached hydrogen (secondary N) is 1. The molecule has 0 aliphatic rings. The summed E-state index contributed by atoms with van der Waals surface area (Å²) in [6.45, 7) is 0.291. The first-order valence-electron chi connectivity index (χ1n) is 4.75. The average Bonchev–Trinajstić information content (AvgIpc) is 2.25. The van der Waals surface area contributed by atoms with E-state index in [2.05, 4.69) is 5.32 Å². The monoisotopic (exact) mass is 245 g/mol. The number of thiol groups is 1. The van der Waals surface area contributed by atoms with E-state index in [1.165, 1.54) is 24.3 Å². The molecule has 1 N–H and O–H groups in total. The Balaban J connectivity index is 2.38. The molecule has 0 saturated carbocycles. The number of rotatable bonds is 5. The van der Waals surface area contributed by atoms with Crippen molar-refractivity contribution >= 4 is 16.6 Å². The zero-order valence-electron chi connectivity index (χ0n) is 8.48. The van der Waals surface area contributed by atoms with Gasteiger partial charge in [0.2, 0.25) is 0 Å². The lowest BCUT2D eigenvalue weighted by Crippen LogP contribution is -2.25. The van der Waals surface area contributed by atoms with Crippen LogP contribution in [-0.2, 0) is 10.7 Å². The van der Waals surface area contributed by atoms with Crippen LogP contribution >= 0.6 is 0 Å². The van der Waals surface area contributed by atoms with Crippen molar-refractivity contribution in [2.24, 2.45) is 0 Å². The summed E-state index contributed by atoms with van der Waals surface area (Å²) in [6, 6.07) is 5.14. The van der Waals surface area contributed by atoms with Crippen molar-refractivity contribution < 1.29 is 17.6 Å². The minimum atomic E-state index is -2.39. The molecule has 0 aliphatic heterocycles. The van der Waals surface area contributed by atoms with Crippen molar-refractivity contribution in [3.05, 3.63) is 35.6 Å². The number of halogens is 1. The van der Waals surface area contributed by atoms with Crippen molar-refractivity contribution in [3.8, 4) is 0 Å². The van der Waals surface area contributed by atoms with E-state index in [0.717, 1.165) is 0 Å². The topological polar surface area (TPSA) is 63.2 Å². The molecule has 0 spiro atoms. The van der Waals surface area contributed by atoms with Gasteiger partial charge in [0.25, 0.3) is 5.91 Å². The second-order valence-corrected chi connectivity index (χ2v) is 4.29. The Morgan fingerprint density at radius 2 is 1.88 bits per heavy atom. The zero-order valence-corrected chi connectivity index (χ0v) is 9.38. The van der Waals surface area contributed by atoms with Gasteiger partial charge in [0.15, 0.2) is 0 Å². The first kappa shape index (κ1) is 12.6. The van der Waals surface area contributed by atoms with Gasteiger partial charge in [0, 0.05) is 17.9 Å². The van der Waals surface area contributed by atoms with E-state index < -0.39 is 16.5 Å². The molecule has 0 heterocycles. The minimum Gasteiger partial charge on any atom is -0.352 e. The summed E-state index contributed by atoms with van der Waals surface area (Å²) in [4.78, 5) is 11.4. The predicted molar refractivity (Wildman–Crippen MR) is 58.5 cm³/mol. The third-order valence-electron chi connectivity index (χ3n) is 1.91. The maximum absolute atomic E-state index is 12.5. The molecule has 0 atom stereocenters. The predicted octanol–water partition coefficient (Wildman–Crippen LogP) is 0.557. The van der Waals surface area contributed by atoms with Crippen LogP contribution in [0.3, 0.4) is 0 Å². The average molecular weight is 245 g/mol. The van der Waals surface area contributed by atoms with Gasteiger partial charge in [-0.1, -0.05) is 0 Å². The molecular weight excluding hydrogens is 233 g/mol. The summed E-state index contributed by atoms with van der Waals surface area (Å²) in [5.74, 6) is -0.681. The van der Waals surface area contributed by atoms with Crippen molar-refractivity contribution in [2.45, 2.75) is 6.42 Å². The van der Waals surface area contributed by atoms with E-state index in [1.807, 2.05) is 0 Å². The Hall–Kier alpha value is -1.43. The molecule has 0 radical (unpaired) electrons. The first-order valence-corrected chi connectivity index (χ1v) is 6.11. The summed E-state index contributed by atoms with van der Waals surface area (Å²) >= 11 is 0. The van der Waals surface area contributed by atoms with Crippen molar-refractivity contribution in [1.82, 2.24) is 5.32 Å². The fraction of sp³-hybridized carbons (Fsp3) is 0.300. The molecule has 0 saturated heterocycles. The van der Waals surface area contributed by atoms with E-state index in [0.29, 0.717) is 18.5 Å². The van der Waals surface area contributed by atoms with Gasteiger partial charge < -0.3 is 5.32 Å². The van der Waals surface area contributed by atoms with Crippen LogP contribution in [0.5, 0.6) is 0 Å². The Kier molecular flexibility index (Phi) is 4.91. The molecule has 0 bridgehead atoms. The van der Waals surface area contributed by atoms with Crippen LogP contribution in [0.4, 0.5) is 4.39 Å². The molecule has 1 amide bonds. The Morgan fingerprint density at radius 3 is 2.44 bits per heavy atom. The van der Waals surface area contributed by atoms with E-state index >= 15 is 0 Å². The molecule has 0 unspecified atom stereocenters. The quantitative estimate of drug-likeness (QED) is 0.588. The van der Waals surface area contributed by atoms with Crippen molar-refractivity contribution in [2.75, 3.05) is 12.3 Å². The van der Waals surface area contributed by atoms with Crippen molar-refractivity contribution in [3.63, 3.8) is 0 Å². The molecule has 0 aliphatic carbocycles. The highest BCUT2D eigenvalue weighted by Gasteiger charge is 2.04. The van der Waals surface area contributed by atoms with Crippen LogP contribution < -0.4 is 5.32 Å². The number of hydrogen-bond acceptors (Lipinski definition) is 3.